The van der Waals surface area contributed by atoms with Crippen molar-refractivity contribution in [2.45, 2.75) is 71.6 Å². The van der Waals surface area contributed by atoms with Crippen LogP contribution >= 0.6 is 0 Å². The molecule has 56 heavy (non-hydrogen) atoms. The first-order valence-corrected chi connectivity index (χ1v) is 13.6. The van der Waals surface area contributed by atoms with Crippen molar-refractivity contribution < 1.29 is 114 Å². The molecule has 0 aliphatic rings. The highest BCUT2D eigenvalue weighted by Crippen LogP contribution is 2.62. The minimum Gasteiger partial charge on any atom is -0.195 e. The first kappa shape index (κ1) is 47.8. The summed E-state index contributed by atoms with van der Waals surface area (Å²) in [5.41, 5.74) is -1.62. The smallest absolute Gasteiger partial charge is 0.195 e. The SMILES string of the molecule is FC(F)(F)C(F)(F)C(F)(F)C(F)(F)C(F)(F)C(F)(F)C=Cc1ccc(C#Cc2ccc(C=CC(F)(F)C(F)(F)C(F)(F)C(F)(F)C(F)(F)C(F)(F)F)cc2)cc1. The minimum absolute atomic E-state index is 0.153. The zero-order valence-corrected chi connectivity index (χ0v) is 25.8. The molecule has 0 aliphatic heterocycles. The normalized spacial score (nSPS) is 15.4. The predicted octanol–water partition coefficient (Wildman–Crippen LogP) is 12.6. The topological polar surface area (TPSA) is 0 Å². The zero-order valence-electron chi connectivity index (χ0n) is 25.8. The van der Waals surface area contributed by atoms with E-state index >= 15 is 0 Å². The van der Waals surface area contributed by atoms with Gasteiger partial charge in [0, 0.05) is 11.1 Å². The molecule has 2 aromatic rings. The summed E-state index contributed by atoms with van der Waals surface area (Å²) >= 11 is 0. The van der Waals surface area contributed by atoms with E-state index in [0.717, 1.165) is 24.3 Å². The lowest BCUT2D eigenvalue weighted by molar-refractivity contribution is -0.436. The van der Waals surface area contributed by atoms with Gasteiger partial charge in [0.1, 0.15) is 0 Å². The number of hydrogen-bond donors (Lipinski definition) is 0. The van der Waals surface area contributed by atoms with Crippen LogP contribution in [0.25, 0.3) is 12.2 Å². The molecule has 314 valence electrons. The lowest BCUT2D eigenvalue weighted by Gasteiger charge is -2.39. The van der Waals surface area contributed by atoms with Crippen molar-refractivity contribution in [2.75, 3.05) is 0 Å². The first-order valence-electron chi connectivity index (χ1n) is 13.6. The predicted molar refractivity (Wildman–Crippen MR) is 139 cm³/mol. The van der Waals surface area contributed by atoms with Gasteiger partial charge in [0.25, 0.3) is 0 Å². The molecule has 0 heterocycles. The molecule has 0 atom stereocenters. The molecule has 0 nitrogen and oxygen atoms in total. The molecule has 0 unspecified atom stereocenters. The highest BCUT2D eigenvalue weighted by atomic mass is 19.4. The standard InChI is InChI=1S/C30H12F26/c31-19(32,21(35,36)23(39,40)25(43,44)27(47,48)29(51,52)53)13-11-17-7-3-15(4-8-17)1-2-16-5-9-18(10-6-16)12-14-20(33,34)22(37,38)24(41,42)26(45,46)28(49,50)30(54,55)56/h3-14H. The molecular weight excluding hydrogens is 854 g/mol. The maximum Gasteiger partial charge on any atom is 0.460 e. The van der Waals surface area contributed by atoms with Crippen molar-refractivity contribution in [1.82, 2.24) is 0 Å². The average molecular weight is 866 g/mol. The Balaban J connectivity index is 2.26. The molecule has 0 saturated carbocycles. The van der Waals surface area contributed by atoms with Crippen molar-refractivity contribution in [3.8, 4) is 11.8 Å². The second-order valence-electron chi connectivity index (χ2n) is 11.0. The summed E-state index contributed by atoms with van der Waals surface area (Å²) in [6.07, 6.45) is -18.0. The third-order valence-electron chi connectivity index (χ3n) is 7.06. The van der Waals surface area contributed by atoms with Crippen LogP contribution in [0.2, 0.25) is 0 Å². The van der Waals surface area contributed by atoms with Crippen molar-refractivity contribution >= 4 is 12.2 Å². The Kier molecular flexibility index (Phi) is 12.2. The van der Waals surface area contributed by atoms with E-state index in [4.69, 9.17) is 0 Å². The third kappa shape index (κ3) is 7.82. The van der Waals surface area contributed by atoms with Crippen LogP contribution in [-0.4, -0.2) is 71.6 Å². The summed E-state index contributed by atoms with van der Waals surface area (Å²) < 4.78 is 344. The Bertz CT molecular complexity index is 1680. The summed E-state index contributed by atoms with van der Waals surface area (Å²) in [5.74, 6) is -71.6. The van der Waals surface area contributed by atoms with Crippen LogP contribution in [0.3, 0.4) is 0 Å². The van der Waals surface area contributed by atoms with Gasteiger partial charge in [-0.25, -0.2) is 0 Å². The van der Waals surface area contributed by atoms with E-state index in [0.29, 0.717) is 24.3 Å². The highest BCUT2D eigenvalue weighted by molar-refractivity contribution is 5.55. The second kappa shape index (κ2) is 14.2. The largest absolute Gasteiger partial charge is 0.460 e. The summed E-state index contributed by atoms with van der Waals surface area (Å²) in [6, 6.07) is 6.13. The average Bonchev–Trinajstić information content (AvgIpc) is 3.04. The molecule has 2 aromatic carbocycles. The van der Waals surface area contributed by atoms with E-state index < -0.39 is 94.9 Å². The second-order valence-corrected chi connectivity index (χ2v) is 11.0. The summed E-state index contributed by atoms with van der Waals surface area (Å²) in [7, 11) is 0. The first-order chi connectivity index (χ1) is 24.6. The fourth-order valence-electron chi connectivity index (χ4n) is 3.67. The molecular formula is C30H12F26. The zero-order chi connectivity index (χ0) is 44.2. The van der Waals surface area contributed by atoms with E-state index in [1.54, 1.807) is 0 Å². The lowest BCUT2D eigenvalue weighted by atomic mass is 9.93. The van der Waals surface area contributed by atoms with E-state index in [9.17, 15) is 114 Å². The summed E-state index contributed by atoms with van der Waals surface area (Å²) in [4.78, 5) is 0. The van der Waals surface area contributed by atoms with E-state index in [1.807, 2.05) is 0 Å². The van der Waals surface area contributed by atoms with Crippen LogP contribution in [-0.2, 0) is 0 Å². The van der Waals surface area contributed by atoms with Crippen molar-refractivity contribution in [3.63, 3.8) is 0 Å². The van der Waals surface area contributed by atoms with Crippen molar-refractivity contribution in [1.29, 1.82) is 0 Å². The lowest BCUT2D eigenvalue weighted by Crippen LogP contribution is -2.69. The molecule has 0 aliphatic carbocycles. The van der Waals surface area contributed by atoms with Gasteiger partial charge in [-0.2, -0.15) is 114 Å². The monoisotopic (exact) mass is 866 g/mol. The van der Waals surface area contributed by atoms with Gasteiger partial charge in [0.05, 0.1) is 0 Å². The van der Waals surface area contributed by atoms with Crippen LogP contribution in [0.4, 0.5) is 114 Å². The number of halogens is 26. The van der Waals surface area contributed by atoms with Gasteiger partial charge in [-0.15, -0.1) is 0 Å². The molecule has 0 saturated heterocycles. The van der Waals surface area contributed by atoms with Gasteiger partial charge in [-0.3, -0.25) is 0 Å². The quantitative estimate of drug-likeness (QED) is 0.147. The maximum absolute atomic E-state index is 13.9. The molecule has 0 N–H and O–H groups in total. The number of alkyl halides is 26. The Morgan fingerprint density at radius 1 is 0.286 bits per heavy atom. The van der Waals surface area contributed by atoms with E-state index in [1.165, 1.54) is 0 Å². The Morgan fingerprint density at radius 3 is 0.714 bits per heavy atom. The maximum atomic E-state index is 13.9. The van der Waals surface area contributed by atoms with Crippen LogP contribution in [0, 0.1) is 11.8 Å². The van der Waals surface area contributed by atoms with Gasteiger partial charge in [-0.1, -0.05) is 48.3 Å². The van der Waals surface area contributed by atoms with Gasteiger partial charge in [0.2, 0.25) is 0 Å². The molecule has 0 spiro atoms. The highest BCUT2D eigenvalue weighted by Gasteiger charge is 2.91. The molecule has 0 aromatic heterocycles. The van der Waals surface area contributed by atoms with Gasteiger partial charge >= 0.3 is 71.6 Å². The fourth-order valence-corrected chi connectivity index (χ4v) is 3.67. The van der Waals surface area contributed by atoms with Crippen molar-refractivity contribution in [3.05, 3.63) is 82.9 Å². The summed E-state index contributed by atoms with van der Waals surface area (Å²) in [5, 5.41) is 0. The number of rotatable bonds is 12. The van der Waals surface area contributed by atoms with E-state index in [-0.39, 0.29) is 23.3 Å². The number of hydrogen-bond acceptors (Lipinski definition) is 0. The molecule has 0 fully saturated rings. The molecule has 0 bridgehead atoms. The Morgan fingerprint density at radius 2 is 0.500 bits per heavy atom. The van der Waals surface area contributed by atoms with Gasteiger partial charge in [0.15, 0.2) is 0 Å². The van der Waals surface area contributed by atoms with Gasteiger partial charge in [-0.05, 0) is 47.5 Å². The Hall–Kier alpha value is -4.34. The fraction of sp³-hybridized carbons (Fsp3) is 0.400. The molecule has 0 radical (unpaired) electrons. The van der Waals surface area contributed by atoms with Crippen LogP contribution in [0.1, 0.15) is 22.3 Å². The molecule has 26 heteroatoms. The van der Waals surface area contributed by atoms with Crippen LogP contribution in [0.5, 0.6) is 0 Å². The molecule has 0 amide bonds. The number of benzene rings is 2. The van der Waals surface area contributed by atoms with Crippen LogP contribution < -0.4 is 0 Å². The molecule has 2 rings (SSSR count). The van der Waals surface area contributed by atoms with E-state index in [2.05, 4.69) is 11.8 Å². The van der Waals surface area contributed by atoms with Gasteiger partial charge < -0.3 is 0 Å². The van der Waals surface area contributed by atoms with Crippen molar-refractivity contribution in [2.24, 2.45) is 0 Å². The Labute approximate surface area is 293 Å². The minimum atomic E-state index is -8.10. The van der Waals surface area contributed by atoms with Crippen LogP contribution in [0.15, 0.2) is 60.7 Å². The third-order valence-corrected chi connectivity index (χ3v) is 7.06. The number of allylic oxidation sites excluding steroid dienone is 2. The summed E-state index contributed by atoms with van der Waals surface area (Å²) in [6.45, 7) is 0.